The average molecular weight is 426 g/mol. The third-order valence-corrected chi connectivity index (χ3v) is 6.94. The number of morpholine rings is 1. The fraction of sp³-hybridized carbons (Fsp3) is 0.296. The highest BCUT2D eigenvalue weighted by Gasteiger charge is 2.34. The molecule has 6 rings (SSSR count). The average Bonchev–Trinajstić information content (AvgIpc) is 3.22. The number of hydrogen-bond acceptors (Lipinski definition) is 5. The lowest BCUT2D eigenvalue weighted by molar-refractivity contribution is 0.122. The number of fused-ring (bicyclic) bond motifs is 1. The molecule has 0 spiro atoms. The lowest BCUT2D eigenvalue weighted by Crippen LogP contribution is -2.43. The van der Waals surface area contributed by atoms with Crippen molar-refractivity contribution in [1.29, 1.82) is 0 Å². The molecule has 162 valence electrons. The van der Waals surface area contributed by atoms with Gasteiger partial charge in [0.1, 0.15) is 5.76 Å². The topological polar surface area (TPSA) is 64.5 Å². The number of ether oxygens (including phenoxy) is 1. The van der Waals surface area contributed by atoms with Gasteiger partial charge >= 0.3 is 0 Å². The van der Waals surface area contributed by atoms with Crippen molar-refractivity contribution >= 4 is 16.8 Å². The summed E-state index contributed by atoms with van der Waals surface area (Å²) >= 11 is 0. The predicted molar refractivity (Wildman–Crippen MR) is 128 cm³/mol. The highest BCUT2D eigenvalue weighted by molar-refractivity contribution is 6.01. The van der Waals surface area contributed by atoms with Gasteiger partial charge in [0.2, 0.25) is 5.71 Å². The van der Waals surface area contributed by atoms with Crippen LogP contribution in [0.15, 0.2) is 71.3 Å². The molecule has 2 aliphatic rings. The molecule has 2 fully saturated rings. The maximum atomic E-state index is 6.54. The van der Waals surface area contributed by atoms with Crippen molar-refractivity contribution in [2.45, 2.75) is 24.8 Å². The second-order valence-electron chi connectivity index (χ2n) is 8.90. The minimum Gasteiger partial charge on any atom is -0.437 e. The maximum absolute atomic E-state index is 6.54. The molecule has 1 saturated heterocycles. The lowest BCUT2D eigenvalue weighted by atomic mass is 9.72. The zero-order chi connectivity index (χ0) is 21.5. The van der Waals surface area contributed by atoms with E-state index in [0.717, 1.165) is 72.7 Å². The van der Waals surface area contributed by atoms with Crippen LogP contribution in [0.1, 0.15) is 24.8 Å². The summed E-state index contributed by atoms with van der Waals surface area (Å²) in [6, 6.07) is 21.2. The smallest absolute Gasteiger partial charge is 0.227 e. The van der Waals surface area contributed by atoms with E-state index in [1.165, 1.54) is 12.0 Å². The second-order valence-corrected chi connectivity index (χ2v) is 8.90. The Morgan fingerprint density at radius 2 is 1.66 bits per heavy atom. The van der Waals surface area contributed by atoms with Crippen LogP contribution in [-0.4, -0.2) is 31.3 Å². The summed E-state index contributed by atoms with van der Waals surface area (Å²) < 4.78 is 11.9. The molecule has 0 radical (unpaired) electrons. The van der Waals surface area contributed by atoms with E-state index in [2.05, 4.69) is 59.5 Å². The number of rotatable bonds is 4. The standard InChI is InChI=1S/C27H27N3O2/c28-27(11-4-12-27)21-9-7-20(8-10-21)25-24(19-5-2-1-3-6-19)23-17-22(18-29-26(23)32-25)30-13-15-31-16-14-30/h1-3,5-10,17-18H,4,11-16,28H2. The SMILES string of the molecule is NC1(c2ccc(-c3oc4ncc(N5CCOCC5)cc4c3-c3ccccc3)cc2)CCC1. The van der Waals surface area contributed by atoms with Crippen molar-refractivity contribution in [2.75, 3.05) is 31.2 Å². The summed E-state index contributed by atoms with van der Waals surface area (Å²) in [6.45, 7) is 3.24. The number of anilines is 1. The molecule has 2 aromatic heterocycles. The Bertz CT molecular complexity index is 1240. The van der Waals surface area contributed by atoms with Crippen molar-refractivity contribution in [3.05, 3.63) is 72.4 Å². The highest BCUT2D eigenvalue weighted by Crippen LogP contribution is 2.43. The van der Waals surface area contributed by atoms with Crippen LogP contribution in [0, 0.1) is 0 Å². The lowest BCUT2D eigenvalue weighted by Gasteiger charge is -2.38. The van der Waals surface area contributed by atoms with Gasteiger partial charge in [-0.2, -0.15) is 0 Å². The van der Waals surface area contributed by atoms with Crippen LogP contribution >= 0.6 is 0 Å². The molecular weight excluding hydrogens is 398 g/mol. The van der Waals surface area contributed by atoms with E-state index in [-0.39, 0.29) is 5.54 Å². The van der Waals surface area contributed by atoms with Gasteiger partial charge in [0, 0.05) is 29.8 Å². The molecule has 5 nitrogen and oxygen atoms in total. The van der Waals surface area contributed by atoms with Gasteiger partial charge in [0.25, 0.3) is 0 Å². The maximum Gasteiger partial charge on any atom is 0.227 e. The van der Waals surface area contributed by atoms with Gasteiger partial charge < -0.3 is 19.8 Å². The van der Waals surface area contributed by atoms with Gasteiger partial charge in [-0.1, -0.05) is 54.6 Å². The fourth-order valence-corrected chi connectivity index (χ4v) is 4.86. The van der Waals surface area contributed by atoms with E-state index in [4.69, 9.17) is 19.9 Å². The monoisotopic (exact) mass is 425 g/mol. The minimum absolute atomic E-state index is 0.163. The zero-order valence-electron chi connectivity index (χ0n) is 18.1. The number of hydrogen-bond donors (Lipinski definition) is 1. The first-order valence-electron chi connectivity index (χ1n) is 11.4. The van der Waals surface area contributed by atoms with Crippen molar-refractivity contribution in [3.8, 4) is 22.5 Å². The van der Waals surface area contributed by atoms with Gasteiger partial charge in [-0.3, -0.25) is 0 Å². The number of pyridine rings is 1. The van der Waals surface area contributed by atoms with E-state index in [0.29, 0.717) is 5.71 Å². The van der Waals surface area contributed by atoms with Gasteiger partial charge in [-0.25, -0.2) is 4.98 Å². The molecule has 0 amide bonds. The molecule has 4 aromatic rings. The van der Waals surface area contributed by atoms with E-state index in [1.807, 2.05) is 12.3 Å². The number of furan rings is 1. The first-order valence-corrected chi connectivity index (χ1v) is 11.4. The van der Waals surface area contributed by atoms with Crippen LogP contribution in [0.4, 0.5) is 5.69 Å². The molecule has 0 bridgehead atoms. The summed E-state index contributed by atoms with van der Waals surface area (Å²) in [5.74, 6) is 0.851. The molecule has 1 aliphatic heterocycles. The Kier molecular flexibility index (Phi) is 4.74. The van der Waals surface area contributed by atoms with Crippen molar-refractivity contribution in [2.24, 2.45) is 5.73 Å². The largest absolute Gasteiger partial charge is 0.437 e. The summed E-state index contributed by atoms with van der Waals surface area (Å²) in [5, 5.41) is 1.04. The normalized spacial score (nSPS) is 18.0. The Morgan fingerprint density at radius 3 is 2.34 bits per heavy atom. The van der Waals surface area contributed by atoms with Gasteiger partial charge in [-0.15, -0.1) is 0 Å². The molecule has 32 heavy (non-hydrogen) atoms. The molecule has 2 aromatic carbocycles. The van der Waals surface area contributed by atoms with Crippen molar-refractivity contribution < 1.29 is 9.15 Å². The van der Waals surface area contributed by atoms with E-state index < -0.39 is 0 Å². The second kappa shape index (κ2) is 7.76. The van der Waals surface area contributed by atoms with Gasteiger partial charge in [0.05, 0.1) is 30.5 Å². The molecule has 0 unspecified atom stereocenters. The van der Waals surface area contributed by atoms with Crippen molar-refractivity contribution in [3.63, 3.8) is 0 Å². The van der Waals surface area contributed by atoms with E-state index in [1.54, 1.807) is 0 Å². The fourth-order valence-electron chi connectivity index (χ4n) is 4.86. The molecule has 2 N–H and O–H groups in total. The molecule has 3 heterocycles. The third kappa shape index (κ3) is 3.29. The number of nitrogens with two attached hydrogens (primary N) is 1. The highest BCUT2D eigenvalue weighted by atomic mass is 16.5. The van der Waals surface area contributed by atoms with Gasteiger partial charge in [-0.05, 0) is 36.5 Å². The zero-order valence-corrected chi connectivity index (χ0v) is 18.1. The molecular formula is C27H27N3O2. The Morgan fingerprint density at radius 1 is 0.906 bits per heavy atom. The first kappa shape index (κ1) is 19.5. The molecule has 5 heteroatoms. The Balaban J connectivity index is 1.48. The summed E-state index contributed by atoms with van der Waals surface area (Å²) in [6.07, 6.45) is 5.23. The molecule has 0 atom stereocenters. The van der Waals surface area contributed by atoms with Crippen LogP contribution in [0.3, 0.4) is 0 Å². The van der Waals surface area contributed by atoms with Crippen LogP contribution in [0.5, 0.6) is 0 Å². The van der Waals surface area contributed by atoms with Crippen LogP contribution < -0.4 is 10.6 Å². The predicted octanol–water partition coefficient (Wildman–Crippen LogP) is 5.34. The van der Waals surface area contributed by atoms with Gasteiger partial charge in [0.15, 0.2) is 0 Å². The quantitative estimate of drug-likeness (QED) is 0.478. The number of benzene rings is 2. The van der Waals surface area contributed by atoms with Crippen LogP contribution in [-0.2, 0) is 10.3 Å². The van der Waals surface area contributed by atoms with Crippen molar-refractivity contribution in [1.82, 2.24) is 4.98 Å². The Labute approximate surface area is 187 Å². The van der Waals surface area contributed by atoms with E-state index >= 15 is 0 Å². The van der Waals surface area contributed by atoms with Crippen LogP contribution in [0.25, 0.3) is 33.6 Å². The molecule has 1 aliphatic carbocycles. The van der Waals surface area contributed by atoms with E-state index in [9.17, 15) is 0 Å². The molecule has 1 saturated carbocycles. The third-order valence-electron chi connectivity index (χ3n) is 6.94. The summed E-state index contributed by atoms with van der Waals surface area (Å²) in [7, 11) is 0. The van der Waals surface area contributed by atoms with Crippen LogP contribution in [0.2, 0.25) is 0 Å². The Hall–Kier alpha value is -3.15. The minimum atomic E-state index is -0.163. The number of nitrogens with zero attached hydrogens (tertiary/aromatic N) is 2. The summed E-state index contributed by atoms with van der Waals surface area (Å²) in [5.41, 5.74) is 12.6. The first-order chi connectivity index (χ1) is 15.7. The number of aromatic nitrogens is 1. The summed E-state index contributed by atoms with van der Waals surface area (Å²) in [4.78, 5) is 7.02.